The molecule has 0 aliphatic carbocycles. The van der Waals surface area contributed by atoms with Gasteiger partial charge in [0.25, 0.3) is 0 Å². The third-order valence-corrected chi connectivity index (χ3v) is 13.6. The van der Waals surface area contributed by atoms with Crippen molar-refractivity contribution in [2.75, 3.05) is 47.4 Å². The fraction of sp³-hybridized carbons (Fsp3) is 0.469. The molecule has 0 N–H and O–H groups in total. The Balaban J connectivity index is 1.20. The van der Waals surface area contributed by atoms with Crippen molar-refractivity contribution < 1.29 is 18.9 Å². The van der Waals surface area contributed by atoms with Crippen molar-refractivity contribution in [3.8, 4) is 23.3 Å². The molecule has 10 nitrogen and oxygen atoms in total. The summed E-state index contributed by atoms with van der Waals surface area (Å²) in [6.07, 6.45) is 8.70. The zero-order valence-electron chi connectivity index (χ0n) is 35.8. The molecule has 3 aromatic carbocycles. The molecule has 2 fully saturated rings. The number of piperidine rings is 2. The Morgan fingerprint density at radius 2 is 1.27 bits per heavy atom. The predicted octanol–water partition coefficient (Wildman–Crippen LogP) is 10.1. The molecule has 8 rings (SSSR count). The van der Waals surface area contributed by atoms with Crippen LogP contribution in [-0.2, 0) is 0 Å². The number of pyridine rings is 2. The maximum atomic E-state index is 7.28. The highest BCUT2D eigenvalue weighted by Gasteiger charge is 2.39. The van der Waals surface area contributed by atoms with Crippen LogP contribution in [0.5, 0.6) is 23.3 Å². The van der Waals surface area contributed by atoms with Crippen LogP contribution in [0.3, 0.4) is 0 Å². The molecule has 0 spiro atoms. The SMILES string of the molecule is CCC1CN(C[C@H](Oc2nnc(O[C@H](c3ccnc4ccc(OC)cc34)[C@@H]3C[C@@H](CC)C(CC)CN3C)c3ccccc23)c2ccnc3ccc(OC)cc23)CCC1C. The van der Waals surface area contributed by atoms with E-state index in [0.29, 0.717) is 42.0 Å². The molecule has 0 bridgehead atoms. The van der Waals surface area contributed by atoms with Crippen molar-refractivity contribution in [3.05, 3.63) is 96.3 Å². The number of rotatable bonds is 14. The number of benzene rings is 3. The van der Waals surface area contributed by atoms with Gasteiger partial charge in [0.1, 0.15) is 23.7 Å². The molecule has 3 aromatic heterocycles. The van der Waals surface area contributed by atoms with Crippen molar-refractivity contribution in [1.82, 2.24) is 30.0 Å². The molecule has 0 radical (unpaired) electrons. The van der Waals surface area contributed by atoms with Gasteiger partial charge in [-0.25, -0.2) is 0 Å². The molecule has 6 aromatic rings. The first-order valence-corrected chi connectivity index (χ1v) is 21.7. The van der Waals surface area contributed by atoms with Crippen molar-refractivity contribution >= 4 is 32.6 Å². The average molecular weight is 797 g/mol. The number of aromatic nitrogens is 4. The molecule has 7 atom stereocenters. The van der Waals surface area contributed by atoms with Crippen LogP contribution < -0.4 is 18.9 Å². The standard InChI is InChI=1S/C49H60N6O4/c1-8-32-25-45(54(5)28-34(32)10-3)47(38-20-23-51-44-18-16-36(57-7)27-42(38)44)59-49-40-14-12-11-13-39(40)48(52-53-49)58-46(30-55-24-21-31(4)33(9-2)29-55)37-19-22-50-43-17-15-35(56-6)26-41(37)43/h11-20,22-23,26-27,31-34,45-47H,8-10,21,24-25,28-30H2,1-7H3/t31?,32-,33?,34?,45+,46+,47-/m1/s1. The van der Waals surface area contributed by atoms with E-state index in [2.05, 4.69) is 80.9 Å². The van der Waals surface area contributed by atoms with Gasteiger partial charge in [-0.1, -0.05) is 59.1 Å². The molecule has 0 saturated carbocycles. The third kappa shape index (κ3) is 8.39. The van der Waals surface area contributed by atoms with E-state index in [1.165, 1.54) is 6.42 Å². The fourth-order valence-electron chi connectivity index (χ4n) is 9.92. The zero-order valence-corrected chi connectivity index (χ0v) is 35.8. The number of methoxy groups -OCH3 is 2. The van der Waals surface area contributed by atoms with Crippen molar-refractivity contribution in [2.45, 2.75) is 78.0 Å². The van der Waals surface area contributed by atoms with Crippen LogP contribution in [-0.4, -0.2) is 83.5 Å². The summed E-state index contributed by atoms with van der Waals surface area (Å²) in [5, 5.41) is 13.5. The first kappa shape index (κ1) is 40.7. The van der Waals surface area contributed by atoms with Crippen molar-refractivity contribution in [2.24, 2.45) is 23.7 Å². The highest BCUT2D eigenvalue weighted by Crippen LogP contribution is 2.43. The van der Waals surface area contributed by atoms with E-state index in [1.807, 2.05) is 48.8 Å². The van der Waals surface area contributed by atoms with Crippen LogP contribution in [0.25, 0.3) is 32.6 Å². The Morgan fingerprint density at radius 3 is 1.88 bits per heavy atom. The largest absolute Gasteiger partial charge is 0.497 e. The Hall–Kier alpha value is -5.06. The molecule has 2 aliphatic rings. The van der Waals surface area contributed by atoms with Gasteiger partial charge in [0.15, 0.2) is 0 Å². The normalized spacial score (nSPS) is 22.7. The second-order valence-electron chi connectivity index (χ2n) is 16.8. The second-order valence-corrected chi connectivity index (χ2v) is 16.8. The number of likely N-dealkylation sites (tertiary alicyclic amines) is 2. The van der Waals surface area contributed by atoms with E-state index in [1.54, 1.807) is 14.2 Å². The van der Waals surface area contributed by atoms with E-state index in [-0.39, 0.29) is 18.2 Å². The van der Waals surface area contributed by atoms with Crippen molar-refractivity contribution in [3.63, 3.8) is 0 Å². The Bertz CT molecular complexity index is 2370. The summed E-state index contributed by atoms with van der Waals surface area (Å²) in [5.74, 6) is 5.10. The summed E-state index contributed by atoms with van der Waals surface area (Å²) in [6, 6.07) is 24.6. The van der Waals surface area contributed by atoms with E-state index in [4.69, 9.17) is 39.1 Å². The Labute approximate surface area is 349 Å². The Kier molecular flexibility index (Phi) is 12.5. The first-order valence-electron chi connectivity index (χ1n) is 21.7. The molecule has 0 amide bonds. The van der Waals surface area contributed by atoms with Crippen LogP contribution in [0.2, 0.25) is 0 Å². The smallest absolute Gasteiger partial charge is 0.242 e. The molecule has 59 heavy (non-hydrogen) atoms. The first-order chi connectivity index (χ1) is 28.8. The minimum absolute atomic E-state index is 0.0941. The van der Waals surface area contributed by atoms with E-state index in [9.17, 15) is 0 Å². The summed E-state index contributed by atoms with van der Waals surface area (Å²) < 4.78 is 25.8. The minimum Gasteiger partial charge on any atom is -0.497 e. The van der Waals surface area contributed by atoms with Gasteiger partial charge in [-0.3, -0.25) is 19.8 Å². The molecule has 5 heterocycles. The number of fused-ring (bicyclic) bond motifs is 3. The molecular weight excluding hydrogens is 737 g/mol. The van der Waals surface area contributed by atoms with Gasteiger partial charge in [0, 0.05) is 53.9 Å². The summed E-state index contributed by atoms with van der Waals surface area (Å²) in [7, 11) is 5.64. The van der Waals surface area contributed by atoms with Gasteiger partial charge in [-0.2, -0.15) is 0 Å². The number of hydrogen-bond donors (Lipinski definition) is 0. The molecule has 3 unspecified atom stereocenters. The van der Waals surface area contributed by atoms with Crippen LogP contribution in [0, 0.1) is 23.7 Å². The average Bonchev–Trinajstić information content (AvgIpc) is 3.28. The van der Waals surface area contributed by atoms with Crippen LogP contribution in [0.1, 0.15) is 83.1 Å². The van der Waals surface area contributed by atoms with Crippen LogP contribution in [0.15, 0.2) is 85.2 Å². The van der Waals surface area contributed by atoms with E-state index >= 15 is 0 Å². The molecular formula is C49H60N6O4. The summed E-state index contributed by atoms with van der Waals surface area (Å²) in [4.78, 5) is 14.5. The van der Waals surface area contributed by atoms with Crippen LogP contribution in [0.4, 0.5) is 0 Å². The van der Waals surface area contributed by atoms with Gasteiger partial charge in [-0.05, 0) is 111 Å². The maximum Gasteiger partial charge on any atom is 0.242 e. The fourth-order valence-corrected chi connectivity index (χ4v) is 9.92. The monoisotopic (exact) mass is 796 g/mol. The molecule has 310 valence electrons. The second kappa shape index (κ2) is 18.1. The lowest BCUT2D eigenvalue weighted by Gasteiger charge is -2.45. The van der Waals surface area contributed by atoms with Crippen LogP contribution >= 0.6 is 0 Å². The van der Waals surface area contributed by atoms with Gasteiger partial charge in [-0.15, -0.1) is 10.2 Å². The maximum absolute atomic E-state index is 7.28. The number of ether oxygens (including phenoxy) is 4. The minimum atomic E-state index is -0.354. The number of likely N-dealkylation sites (N-methyl/N-ethyl adjacent to an activating group) is 1. The molecule has 10 heteroatoms. The lowest BCUT2D eigenvalue weighted by Crippen LogP contribution is -2.49. The van der Waals surface area contributed by atoms with Gasteiger partial charge in [0.2, 0.25) is 11.8 Å². The topological polar surface area (TPSA) is 95.0 Å². The summed E-state index contributed by atoms with van der Waals surface area (Å²) >= 11 is 0. The molecule has 2 saturated heterocycles. The van der Waals surface area contributed by atoms with Gasteiger partial charge < -0.3 is 18.9 Å². The van der Waals surface area contributed by atoms with E-state index < -0.39 is 0 Å². The number of nitrogens with zero attached hydrogens (tertiary/aromatic N) is 6. The highest BCUT2D eigenvalue weighted by molar-refractivity contribution is 5.91. The lowest BCUT2D eigenvalue weighted by molar-refractivity contribution is 0.00649. The summed E-state index contributed by atoms with van der Waals surface area (Å²) in [6.45, 7) is 13.1. The number of hydrogen-bond acceptors (Lipinski definition) is 10. The third-order valence-electron chi connectivity index (χ3n) is 13.6. The van der Waals surface area contributed by atoms with Gasteiger partial charge >= 0.3 is 0 Å². The Morgan fingerprint density at radius 1 is 0.678 bits per heavy atom. The van der Waals surface area contributed by atoms with Crippen molar-refractivity contribution in [1.29, 1.82) is 0 Å². The molecule has 2 aliphatic heterocycles. The lowest BCUT2D eigenvalue weighted by atomic mass is 9.76. The van der Waals surface area contributed by atoms with Gasteiger partial charge in [0.05, 0.1) is 42.1 Å². The quantitative estimate of drug-likeness (QED) is 0.106. The zero-order chi connectivity index (χ0) is 41.0. The highest BCUT2D eigenvalue weighted by atomic mass is 16.5. The predicted molar refractivity (Wildman–Crippen MR) is 235 cm³/mol. The summed E-state index contributed by atoms with van der Waals surface area (Å²) in [5.41, 5.74) is 3.89. The van der Waals surface area contributed by atoms with E-state index in [0.717, 1.165) is 101 Å².